The van der Waals surface area contributed by atoms with Crippen LogP contribution in [0.4, 0.5) is 0 Å². The molecule has 0 unspecified atom stereocenters. The van der Waals surface area contributed by atoms with Gasteiger partial charge in [-0.05, 0) is 25.0 Å². The molecule has 0 heterocycles. The maximum Gasteiger partial charge on any atom is 0.175 e. The Morgan fingerprint density at radius 3 is 2.33 bits per heavy atom. The third-order valence-corrected chi connectivity index (χ3v) is 2.84. The summed E-state index contributed by atoms with van der Waals surface area (Å²) >= 11 is 0. The number of benzene rings is 1. The minimum Gasteiger partial charge on any atom is -0.224 e. The van der Waals surface area contributed by atoms with Crippen molar-refractivity contribution >= 4 is 9.84 Å². The maximum absolute atomic E-state index is 11.2. The molecule has 0 spiro atoms. The molecule has 0 amide bonds. The van der Waals surface area contributed by atoms with Crippen LogP contribution in [0.25, 0.3) is 0 Å². The number of hydrogen-bond donors (Lipinski definition) is 0. The fourth-order valence-electron chi connectivity index (χ4n) is 1.07. The molecule has 0 aliphatic rings. The zero-order valence-corrected chi connectivity index (χ0v) is 7.76. The molecule has 0 saturated carbocycles. The van der Waals surface area contributed by atoms with Crippen molar-refractivity contribution < 1.29 is 8.42 Å². The fraction of sp³-hybridized carbons (Fsp3) is 0.222. The monoisotopic (exact) mass is 183 g/mol. The molecule has 0 aliphatic carbocycles. The molecule has 3 heteroatoms. The summed E-state index contributed by atoms with van der Waals surface area (Å²) in [5.41, 5.74) is 0.778. The summed E-state index contributed by atoms with van der Waals surface area (Å²) < 4.78 is 22.4. The highest BCUT2D eigenvalue weighted by atomic mass is 32.2. The van der Waals surface area contributed by atoms with E-state index in [1.54, 1.807) is 18.2 Å². The van der Waals surface area contributed by atoms with Gasteiger partial charge in [0.1, 0.15) is 0 Å². The fourth-order valence-corrected chi connectivity index (χ4v) is 2.04. The molecule has 2 nitrogen and oxygen atoms in total. The van der Waals surface area contributed by atoms with Gasteiger partial charge in [-0.2, -0.15) is 0 Å². The Morgan fingerprint density at radius 2 is 1.92 bits per heavy atom. The Labute approximate surface area is 73.2 Å². The van der Waals surface area contributed by atoms with E-state index in [1.807, 2.05) is 6.07 Å². The van der Waals surface area contributed by atoms with E-state index in [9.17, 15) is 8.42 Å². The smallest absolute Gasteiger partial charge is 0.175 e. The van der Waals surface area contributed by atoms with Gasteiger partial charge in [0.05, 0.1) is 4.90 Å². The molecule has 0 N–H and O–H groups in total. The van der Waals surface area contributed by atoms with Crippen LogP contribution in [0, 0.1) is 6.92 Å². The lowest BCUT2D eigenvalue weighted by atomic mass is 10.2. The van der Waals surface area contributed by atoms with Crippen molar-refractivity contribution in [2.75, 3.05) is 6.26 Å². The average molecular weight is 183 g/mol. The number of hydrogen-bond acceptors (Lipinski definition) is 2. The van der Waals surface area contributed by atoms with Gasteiger partial charge >= 0.3 is 0 Å². The van der Waals surface area contributed by atoms with E-state index in [2.05, 4.69) is 6.92 Å². The van der Waals surface area contributed by atoms with E-state index in [-0.39, 0.29) is 0 Å². The van der Waals surface area contributed by atoms with Crippen LogP contribution in [-0.2, 0) is 16.3 Å². The van der Waals surface area contributed by atoms with E-state index in [0.717, 1.165) is 5.56 Å². The molecule has 65 valence electrons. The Balaban J connectivity index is 3.33. The van der Waals surface area contributed by atoms with Crippen LogP contribution in [0.1, 0.15) is 5.56 Å². The molecule has 0 fully saturated rings. The van der Waals surface area contributed by atoms with E-state index < -0.39 is 9.84 Å². The van der Waals surface area contributed by atoms with Gasteiger partial charge in [0.25, 0.3) is 0 Å². The summed E-state index contributed by atoms with van der Waals surface area (Å²) in [6.45, 7) is 3.67. The van der Waals surface area contributed by atoms with Gasteiger partial charge < -0.3 is 0 Å². The minimum atomic E-state index is -3.09. The topological polar surface area (TPSA) is 34.1 Å². The summed E-state index contributed by atoms with van der Waals surface area (Å²) in [7, 11) is -3.09. The molecular formula is C9H11O2S. The SMILES string of the molecule is [CH2]Cc1ccccc1S(C)(=O)=O. The maximum atomic E-state index is 11.2. The van der Waals surface area contributed by atoms with E-state index in [4.69, 9.17) is 0 Å². The molecule has 1 radical (unpaired) electrons. The predicted molar refractivity (Wildman–Crippen MR) is 48.6 cm³/mol. The first-order chi connectivity index (χ1) is 5.55. The Bertz CT molecular complexity index is 366. The highest BCUT2D eigenvalue weighted by molar-refractivity contribution is 7.90. The van der Waals surface area contributed by atoms with Crippen LogP contribution in [-0.4, -0.2) is 14.7 Å². The van der Waals surface area contributed by atoms with Crippen molar-refractivity contribution in [3.8, 4) is 0 Å². The second-order valence-electron chi connectivity index (χ2n) is 2.63. The van der Waals surface area contributed by atoms with Gasteiger partial charge in [-0.25, -0.2) is 8.42 Å². The average Bonchev–Trinajstić information content (AvgIpc) is 2.03. The molecule has 0 atom stereocenters. The first-order valence-corrected chi connectivity index (χ1v) is 5.52. The normalized spacial score (nSPS) is 11.5. The van der Waals surface area contributed by atoms with Crippen molar-refractivity contribution in [1.82, 2.24) is 0 Å². The van der Waals surface area contributed by atoms with Crippen LogP contribution < -0.4 is 0 Å². The molecule has 1 rings (SSSR count). The van der Waals surface area contributed by atoms with E-state index >= 15 is 0 Å². The first-order valence-electron chi connectivity index (χ1n) is 3.63. The lowest BCUT2D eigenvalue weighted by molar-refractivity contribution is 0.601. The molecule has 12 heavy (non-hydrogen) atoms. The van der Waals surface area contributed by atoms with Crippen molar-refractivity contribution in [3.63, 3.8) is 0 Å². The first kappa shape index (κ1) is 9.26. The molecule has 1 aromatic rings. The summed E-state index contributed by atoms with van der Waals surface area (Å²) in [6, 6.07) is 6.92. The van der Waals surface area contributed by atoms with Gasteiger partial charge in [-0.15, -0.1) is 0 Å². The van der Waals surface area contributed by atoms with Gasteiger partial charge in [0.2, 0.25) is 0 Å². The summed E-state index contributed by atoms with van der Waals surface area (Å²) in [5, 5.41) is 0. The van der Waals surface area contributed by atoms with Crippen molar-refractivity contribution in [2.45, 2.75) is 11.3 Å². The molecule has 0 aromatic heterocycles. The highest BCUT2D eigenvalue weighted by Gasteiger charge is 2.09. The molecule has 0 aliphatic heterocycles. The summed E-state index contributed by atoms with van der Waals surface area (Å²) in [5.74, 6) is 0. The third-order valence-electron chi connectivity index (χ3n) is 1.64. The van der Waals surface area contributed by atoms with Crippen molar-refractivity contribution in [2.24, 2.45) is 0 Å². The predicted octanol–water partition coefficient (Wildman–Crippen LogP) is 1.47. The Morgan fingerprint density at radius 1 is 1.33 bits per heavy atom. The quantitative estimate of drug-likeness (QED) is 0.695. The summed E-state index contributed by atoms with van der Waals surface area (Å²) in [4.78, 5) is 0.389. The van der Waals surface area contributed by atoms with E-state index in [1.165, 1.54) is 6.26 Å². The molecule has 0 saturated heterocycles. The minimum absolute atomic E-state index is 0.389. The van der Waals surface area contributed by atoms with E-state index in [0.29, 0.717) is 11.3 Å². The van der Waals surface area contributed by atoms with Crippen LogP contribution in [0.2, 0.25) is 0 Å². The lowest BCUT2D eigenvalue weighted by Crippen LogP contribution is -2.01. The Kier molecular flexibility index (Phi) is 2.52. The second kappa shape index (κ2) is 3.27. The van der Waals surface area contributed by atoms with Crippen molar-refractivity contribution in [3.05, 3.63) is 36.8 Å². The zero-order chi connectivity index (χ0) is 9.19. The third kappa shape index (κ3) is 1.85. The van der Waals surface area contributed by atoms with Crippen LogP contribution >= 0.6 is 0 Å². The zero-order valence-electron chi connectivity index (χ0n) is 6.95. The lowest BCUT2D eigenvalue weighted by Gasteiger charge is -2.03. The van der Waals surface area contributed by atoms with Gasteiger partial charge in [-0.3, -0.25) is 0 Å². The van der Waals surface area contributed by atoms with Gasteiger partial charge in [0, 0.05) is 6.26 Å². The van der Waals surface area contributed by atoms with Crippen LogP contribution in [0.15, 0.2) is 29.2 Å². The molecular weight excluding hydrogens is 172 g/mol. The highest BCUT2D eigenvalue weighted by Crippen LogP contribution is 2.14. The van der Waals surface area contributed by atoms with Crippen LogP contribution in [0.5, 0.6) is 0 Å². The molecule has 1 aromatic carbocycles. The van der Waals surface area contributed by atoms with Gasteiger partial charge in [-0.1, -0.05) is 18.2 Å². The standard InChI is InChI=1S/C9H11O2S/c1-3-8-6-4-5-7-9(8)12(2,10)11/h4-7H,1,3H2,2H3. The Hall–Kier alpha value is -0.830. The largest absolute Gasteiger partial charge is 0.224 e. The number of rotatable bonds is 2. The van der Waals surface area contributed by atoms with Crippen molar-refractivity contribution in [1.29, 1.82) is 0 Å². The molecule has 0 bridgehead atoms. The van der Waals surface area contributed by atoms with Crippen LogP contribution in [0.3, 0.4) is 0 Å². The summed E-state index contributed by atoms with van der Waals surface area (Å²) in [6.07, 6.45) is 1.71. The van der Waals surface area contributed by atoms with Gasteiger partial charge in [0.15, 0.2) is 9.84 Å². The number of sulfone groups is 1. The second-order valence-corrected chi connectivity index (χ2v) is 4.61.